The van der Waals surface area contributed by atoms with Crippen LogP contribution in [0.25, 0.3) is 0 Å². The Kier molecular flexibility index (Phi) is 5.93. The number of halogens is 2. The fraction of sp³-hybridized carbons (Fsp3) is 0.545. The van der Waals surface area contributed by atoms with Gasteiger partial charge in [-0.25, -0.2) is 4.39 Å². The van der Waals surface area contributed by atoms with Crippen LogP contribution in [0, 0.1) is 5.82 Å². The van der Waals surface area contributed by atoms with Crippen molar-refractivity contribution in [1.29, 1.82) is 0 Å². The van der Waals surface area contributed by atoms with Crippen molar-refractivity contribution in [2.45, 2.75) is 50.0 Å². The van der Waals surface area contributed by atoms with Gasteiger partial charge in [0.2, 0.25) is 0 Å². The van der Waals surface area contributed by atoms with E-state index in [1.54, 1.807) is 19.2 Å². The number of likely N-dealkylation sites (tertiary alicyclic amines) is 1. The van der Waals surface area contributed by atoms with Gasteiger partial charge in [-0.1, -0.05) is 42.6 Å². The zero-order valence-electron chi connectivity index (χ0n) is 16.8. The highest BCUT2D eigenvalue weighted by molar-refractivity contribution is 6.33. The third-order valence-electron chi connectivity index (χ3n) is 6.56. The quantitative estimate of drug-likeness (QED) is 0.800. The zero-order chi connectivity index (χ0) is 20.4. The van der Waals surface area contributed by atoms with E-state index in [1.165, 1.54) is 10.9 Å². The van der Waals surface area contributed by atoms with Gasteiger partial charge in [-0.05, 0) is 37.3 Å². The molecule has 1 N–H and O–H groups in total. The molecule has 29 heavy (non-hydrogen) atoms. The summed E-state index contributed by atoms with van der Waals surface area (Å²) in [5, 5.41) is 7.50. The van der Waals surface area contributed by atoms with Gasteiger partial charge in [0, 0.05) is 38.1 Å². The molecule has 156 valence electrons. The van der Waals surface area contributed by atoms with Crippen molar-refractivity contribution >= 4 is 17.5 Å². The molecule has 1 aliphatic heterocycles. The van der Waals surface area contributed by atoms with Crippen LogP contribution in [0.15, 0.2) is 30.5 Å². The van der Waals surface area contributed by atoms with Gasteiger partial charge in [0.05, 0.1) is 11.2 Å². The second-order valence-corrected chi connectivity index (χ2v) is 8.86. The van der Waals surface area contributed by atoms with E-state index in [0.717, 1.165) is 63.7 Å². The maximum atomic E-state index is 14.6. The standard InChI is InChI=1S/C22H28ClFN4O/c1-27-20(18(23)14-25-27)21(29)26-16-8-12-28(13-9-16)15-22(10-4-5-11-22)17-6-2-3-7-19(17)24/h2-3,6-7,14,16H,4-5,8-13,15H2,1H3,(H,26,29). The van der Waals surface area contributed by atoms with Crippen molar-refractivity contribution in [3.8, 4) is 0 Å². The van der Waals surface area contributed by atoms with Crippen LogP contribution in [0.2, 0.25) is 5.02 Å². The van der Waals surface area contributed by atoms with E-state index < -0.39 is 0 Å². The Morgan fingerprint density at radius 3 is 2.59 bits per heavy atom. The summed E-state index contributed by atoms with van der Waals surface area (Å²) in [5.41, 5.74) is 1.20. The SMILES string of the molecule is Cn1ncc(Cl)c1C(=O)NC1CCN(CC2(c3ccccc3F)CCCC2)CC1. The Morgan fingerprint density at radius 1 is 1.28 bits per heavy atom. The van der Waals surface area contributed by atoms with Crippen molar-refractivity contribution in [2.24, 2.45) is 7.05 Å². The zero-order valence-corrected chi connectivity index (χ0v) is 17.6. The van der Waals surface area contributed by atoms with Gasteiger partial charge < -0.3 is 10.2 Å². The second kappa shape index (κ2) is 8.44. The summed E-state index contributed by atoms with van der Waals surface area (Å²) in [7, 11) is 1.72. The van der Waals surface area contributed by atoms with Crippen molar-refractivity contribution in [3.05, 3.63) is 52.6 Å². The van der Waals surface area contributed by atoms with Gasteiger partial charge in [0.1, 0.15) is 11.5 Å². The molecule has 1 saturated carbocycles. The molecular formula is C22H28ClFN4O. The molecule has 7 heteroatoms. The number of amides is 1. The molecule has 4 rings (SSSR count). The number of benzene rings is 1. The van der Waals surface area contributed by atoms with Crippen LogP contribution in [0.1, 0.15) is 54.6 Å². The first-order chi connectivity index (χ1) is 14.0. The first-order valence-corrected chi connectivity index (χ1v) is 10.8. The number of hydrogen-bond donors (Lipinski definition) is 1. The average molecular weight is 419 g/mol. The lowest BCUT2D eigenvalue weighted by atomic mass is 9.77. The smallest absolute Gasteiger partial charge is 0.271 e. The predicted octanol–water partition coefficient (Wildman–Crippen LogP) is 3.92. The Hall–Kier alpha value is -1.92. The minimum absolute atomic E-state index is 0.0791. The second-order valence-electron chi connectivity index (χ2n) is 8.46. The first-order valence-electron chi connectivity index (χ1n) is 10.4. The number of piperidine rings is 1. The van der Waals surface area contributed by atoms with Gasteiger partial charge in [-0.2, -0.15) is 5.10 Å². The van der Waals surface area contributed by atoms with Gasteiger partial charge in [-0.15, -0.1) is 0 Å². The molecule has 0 radical (unpaired) electrons. The number of carbonyl (C=O) groups is 1. The van der Waals surface area contributed by atoms with Crippen LogP contribution in [-0.4, -0.2) is 46.3 Å². The molecule has 1 amide bonds. The molecule has 0 unspecified atom stereocenters. The minimum atomic E-state index is -0.174. The maximum absolute atomic E-state index is 14.6. The van der Waals surface area contributed by atoms with Crippen LogP contribution in [0.5, 0.6) is 0 Å². The Balaban J connectivity index is 1.37. The Labute approximate surface area is 176 Å². The summed E-state index contributed by atoms with van der Waals surface area (Å²) < 4.78 is 16.1. The van der Waals surface area contributed by atoms with Crippen LogP contribution >= 0.6 is 11.6 Å². The third-order valence-corrected chi connectivity index (χ3v) is 6.84. The summed E-state index contributed by atoms with van der Waals surface area (Å²) in [6, 6.07) is 7.39. The van der Waals surface area contributed by atoms with Crippen molar-refractivity contribution in [2.75, 3.05) is 19.6 Å². The fourth-order valence-electron chi connectivity index (χ4n) is 5.04. The monoisotopic (exact) mass is 418 g/mol. The summed E-state index contributed by atoms with van der Waals surface area (Å²) in [6.45, 7) is 2.70. The predicted molar refractivity (Wildman–Crippen MR) is 112 cm³/mol. The normalized spacial score (nSPS) is 20.1. The summed E-state index contributed by atoms with van der Waals surface area (Å²) in [5.74, 6) is -0.253. The van der Waals surface area contributed by atoms with Gasteiger partial charge >= 0.3 is 0 Å². The maximum Gasteiger partial charge on any atom is 0.271 e. The van der Waals surface area contributed by atoms with E-state index in [4.69, 9.17) is 11.6 Å². The molecule has 0 bridgehead atoms. The minimum Gasteiger partial charge on any atom is -0.348 e. The molecule has 0 spiro atoms. The van der Waals surface area contributed by atoms with E-state index in [1.807, 2.05) is 12.1 Å². The molecule has 1 aromatic heterocycles. The van der Waals surface area contributed by atoms with Crippen molar-refractivity contribution in [1.82, 2.24) is 20.0 Å². The average Bonchev–Trinajstić information content (AvgIpc) is 3.31. The molecule has 1 aliphatic carbocycles. The molecule has 2 aromatic rings. The van der Waals surface area contributed by atoms with E-state index >= 15 is 0 Å². The van der Waals surface area contributed by atoms with Crippen LogP contribution in [-0.2, 0) is 12.5 Å². The number of aromatic nitrogens is 2. The highest BCUT2D eigenvalue weighted by Gasteiger charge is 2.39. The Morgan fingerprint density at radius 2 is 1.97 bits per heavy atom. The largest absolute Gasteiger partial charge is 0.348 e. The van der Waals surface area contributed by atoms with Gasteiger partial charge in [0.25, 0.3) is 5.91 Å². The van der Waals surface area contributed by atoms with Gasteiger partial charge in [-0.3, -0.25) is 9.48 Å². The first kappa shape index (κ1) is 20.4. The number of carbonyl (C=O) groups excluding carboxylic acids is 1. The van der Waals surface area contributed by atoms with Crippen molar-refractivity contribution in [3.63, 3.8) is 0 Å². The summed E-state index contributed by atoms with van der Waals surface area (Å²) in [4.78, 5) is 15.0. The number of nitrogens with zero attached hydrogens (tertiary/aromatic N) is 3. The number of nitrogens with one attached hydrogen (secondary N) is 1. The van der Waals surface area contributed by atoms with Crippen LogP contribution in [0.3, 0.4) is 0 Å². The van der Waals surface area contributed by atoms with E-state index in [-0.39, 0.29) is 23.2 Å². The summed E-state index contributed by atoms with van der Waals surface area (Å²) >= 11 is 6.08. The van der Waals surface area contributed by atoms with Crippen molar-refractivity contribution < 1.29 is 9.18 Å². The third kappa shape index (κ3) is 4.19. The Bertz CT molecular complexity index is 850. The fourth-order valence-corrected chi connectivity index (χ4v) is 5.29. The molecule has 2 fully saturated rings. The van der Waals surface area contributed by atoms with E-state index in [2.05, 4.69) is 15.3 Å². The lowest BCUT2D eigenvalue weighted by Gasteiger charge is -2.39. The number of rotatable bonds is 5. The molecular weight excluding hydrogens is 391 g/mol. The number of aryl methyl sites for hydroxylation is 1. The lowest BCUT2D eigenvalue weighted by Crippen LogP contribution is -2.48. The molecule has 1 aromatic carbocycles. The van der Waals surface area contributed by atoms with E-state index in [0.29, 0.717) is 10.7 Å². The highest BCUT2D eigenvalue weighted by atomic mass is 35.5. The number of hydrogen-bond acceptors (Lipinski definition) is 3. The van der Waals surface area contributed by atoms with Gasteiger partial charge in [0.15, 0.2) is 0 Å². The molecule has 2 heterocycles. The van der Waals surface area contributed by atoms with Crippen LogP contribution in [0.4, 0.5) is 4.39 Å². The molecule has 5 nitrogen and oxygen atoms in total. The molecule has 2 aliphatic rings. The summed E-state index contributed by atoms with van der Waals surface area (Å²) in [6.07, 6.45) is 7.66. The highest BCUT2D eigenvalue weighted by Crippen LogP contribution is 2.43. The lowest BCUT2D eigenvalue weighted by molar-refractivity contribution is 0.0891. The van der Waals surface area contributed by atoms with Crippen LogP contribution < -0.4 is 5.32 Å². The van der Waals surface area contributed by atoms with E-state index in [9.17, 15) is 9.18 Å². The topological polar surface area (TPSA) is 50.2 Å². The molecule has 1 saturated heterocycles. The molecule has 0 atom stereocenters.